The molecule has 25 nitrogen and oxygen atoms in total. The Labute approximate surface area is 679 Å². The van der Waals surface area contributed by atoms with Crippen molar-refractivity contribution >= 4 is 31.7 Å². The Balaban J connectivity index is 1.93. The van der Waals surface area contributed by atoms with Crippen LogP contribution in [0.4, 0.5) is 0 Å². The average Bonchev–Trinajstić information content (AvgIpc) is 0.754. The van der Waals surface area contributed by atoms with Gasteiger partial charge in [-0.1, -0.05) is 296 Å². The largest absolute Gasteiger partial charge is 0.472 e. The van der Waals surface area contributed by atoms with Crippen LogP contribution in [0.1, 0.15) is 374 Å². The normalized spacial score (nSPS) is 25.6. The molecule has 0 aromatic heterocycles. The number of rotatable bonds is 72. The summed E-state index contributed by atoms with van der Waals surface area (Å²) in [6.45, 7) is 5.54. The molecule has 2 aliphatic heterocycles. The van der Waals surface area contributed by atoms with Gasteiger partial charge in [-0.15, -0.1) is 0 Å². The van der Waals surface area contributed by atoms with E-state index in [1.807, 2.05) is 0 Å². The van der Waals surface area contributed by atoms with Crippen molar-refractivity contribution in [2.45, 2.75) is 479 Å². The fourth-order valence-electron chi connectivity index (χ4n) is 14.7. The summed E-state index contributed by atoms with van der Waals surface area (Å²) in [6, 6.07) is 0. The number of aliphatic hydroxyl groups is 9. The highest BCUT2D eigenvalue weighted by Crippen LogP contribution is 2.49. The number of unbranched alkanes of at least 4 members (excludes halogenated alkanes) is 44. The molecule has 18 atom stereocenters. The van der Waals surface area contributed by atoms with Crippen LogP contribution >= 0.6 is 7.82 Å². The number of esters is 4. The molecule has 0 aromatic carbocycles. The standard InChI is InChI=1S/C87H159O25P/c1-5-9-13-17-21-25-29-33-34-38-40-43-47-51-55-59-70(89)103-64-67(106-72(91)61-57-53-49-45-41-36-31-27-23-19-15-11-7-3)65-105-113(101,102)112-85-83(110-86-80(99)76(95)74(93)68(63-88)107-86)79(98)78(97)82(109-73(92)62-58-54-50-46-42-37-32-28-24-20-16-12-8-4)84(85)111-87-81(100)77(96)75(94)69(108-87)66-104-71(90)60-56-52-48-44-39-35-30-26-22-18-14-10-6-2/h25,29,37,42,67-69,74-88,93-100H,5-24,26-28,30-36,38-41,43-66H2,1-4H3,(H,101,102)/b29-25-,42-37-. The first-order valence-electron chi connectivity index (χ1n) is 45.1. The van der Waals surface area contributed by atoms with Gasteiger partial charge in [-0.3, -0.25) is 28.2 Å². The fraction of sp³-hybridized carbons (Fsp3) is 0.908. The van der Waals surface area contributed by atoms with Gasteiger partial charge in [0.05, 0.1) is 13.2 Å². The van der Waals surface area contributed by atoms with Gasteiger partial charge in [-0.2, -0.15) is 0 Å². The molecule has 2 saturated heterocycles. The van der Waals surface area contributed by atoms with Gasteiger partial charge in [0.15, 0.2) is 24.8 Å². The first-order valence-corrected chi connectivity index (χ1v) is 46.6. The van der Waals surface area contributed by atoms with E-state index in [0.29, 0.717) is 32.1 Å². The molecule has 10 N–H and O–H groups in total. The van der Waals surface area contributed by atoms with Gasteiger partial charge in [0.25, 0.3) is 0 Å². The van der Waals surface area contributed by atoms with Gasteiger partial charge in [0.1, 0.15) is 92.6 Å². The first-order chi connectivity index (χ1) is 54.7. The second-order valence-electron chi connectivity index (χ2n) is 32.1. The number of carbonyl (C=O) groups is 4. The number of aliphatic hydroxyl groups excluding tert-OH is 9. The number of carbonyl (C=O) groups excluding carboxylic acids is 4. The minimum atomic E-state index is -5.80. The van der Waals surface area contributed by atoms with E-state index in [2.05, 4.69) is 52.0 Å². The van der Waals surface area contributed by atoms with Crippen molar-refractivity contribution in [2.24, 2.45) is 0 Å². The van der Waals surface area contributed by atoms with Crippen molar-refractivity contribution in [3.8, 4) is 0 Å². The molecule has 18 unspecified atom stereocenters. The Morgan fingerprint density at radius 1 is 0.345 bits per heavy atom. The second kappa shape index (κ2) is 66.7. The van der Waals surface area contributed by atoms with Crippen LogP contribution in [0.3, 0.4) is 0 Å². The lowest BCUT2D eigenvalue weighted by atomic mass is 9.84. The fourth-order valence-corrected chi connectivity index (χ4v) is 15.7. The summed E-state index contributed by atoms with van der Waals surface area (Å²) >= 11 is 0. The number of allylic oxidation sites excluding steroid dienone is 4. The zero-order chi connectivity index (χ0) is 82.5. The molecular weight excluding hydrogens is 1480 g/mol. The Morgan fingerprint density at radius 2 is 0.664 bits per heavy atom. The minimum absolute atomic E-state index is 0.0156. The zero-order valence-electron chi connectivity index (χ0n) is 70.2. The van der Waals surface area contributed by atoms with E-state index in [9.17, 15) is 74.6 Å². The van der Waals surface area contributed by atoms with Crippen LogP contribution in [0.2, 0.25) is 0 Å². The van der Waals surface area contributed by atoms with E-state index in [-0.39, 0.29) is 32.1 Å². The lowest BCUT2D eigenvalue weighted by Crippen LogP contribution is -2.70. The molecule has 0 radical (unpaired) electrons. The summed E-state index contributed by atoms with van der Waals surface area (Å²) in [7, 11) is -5.80. The van der Waals surface area contributed by atoms with Crippen LogP contribution < -0.4 is 0 Å². The molecule has 3 rings (SSSR count). The summed E-state index contributed by atoms with van der Waals surface area (Å²) in [5, 5.41) is 102. The third kappa shape index (κ3) is 47.5. The summed E-state index contributed by atoms with van der Waals surface area (Å²) in [5.41, 5.74) is 0. The van der Waals surface area contributed by atoms with Crippen molar-refractivity contribution < 1.29 is 122 Å². The monoisotopic (exact) mass is 1640 g/mol. The van der Waals surface area contributed by atoms with Gasteiger partial charge in [-0.05, 0) is 77.0 Å². The van der Waals surface area contributed by atoms with E-state index in [1.165, 1.54) is 141 Å². The highest BCUT2D eigenvalue weighted by atomic mass is 31.2. The van der Waals surface area contributed by atoms with E-state index in [4.69, 9.17) is 46.9 Å². The highest BCUT2D eigenvalue weighted by molar-refractivity contribution is 7.47. The molecule has 0 amide bonds. The molecule has 26 heteroatoms. The predicted molar refractivity (Wildman–Crippen MR) is 435 cm³/mol. The molecule has 0 aromatic rings. The SMILES string of the molecule is CCCCCC/C=C\CCCCCCCCCC(=O)OCC(COP(=O)(O)OC1C(OC2OC(CO)C(O)C(O)C2O)C(O)C(O)C(OC(=O)CCCCC/C=C\CCCCCCCC)C1OC1OC(COC(=O)CCCCCCCCCCCCCCC)C(O)C(O)C1O)OC(=O)CCCCCCCCCCCCCCC. The van der Waals surface area contributed by atoms with Crippen LogP contribution in [0.25, 0.3) is 0 Å². The lowest BCUT2D eigenvalue weighted by Gasteiger charge is -2.50. The summed E-state index contributed by atoms with van der Waals surface area (Å²) < 4.78 is 73.2. The maximum Gasteiger partial charge on any atom is 0.472 e. The molecule has 0 spiro atoms. The molecule has 3 aliphatic rings. The molecule has 0 bridgehead atoms. The molecular formula is C87H159O25P. The van der Waals surface area contributed by atoms with Crippen molar-refractivity contribution in [1.82, 2.24) is 0 Å². The van der Waals surface area contributed by atoms with Gasteiger partial charge >= 0.3 is 31.7 Å². The first kappa shape index (κ1) is 104. The van der Waals surface area contributed by atoms with E-state index in [0.717, 1.165) is 141 Å². The molecule has 3 fully saturated rings. The number of phosphoric ester groups is 1. The Hall–Kier alpha value is -3.05. The molecule has 1 aliphatic carbocycles. The third-order valence-electron chi connectivity index (χ3n) is 21.9. The number of hydrogen-bond donors (Lipinski definition) is 10. The number of hydrogen-bond acceptors (Lipinski definition) is 24. The Kier molecular flexibility index (Phi) is 61.5. The van der Waals surface area contributed by atoms with Gasteiger partial charge in [0, 0.05) is 25.7 Å². The van der Waals surface area contributed by atoms with Crippen LogP contribution in [-0.4, -0.2) is 205 Å². The van der Waals surface area contributed by atoms with Gasteiger partial charge in [0.2, 0.25) is 0 Å². The maximum atomic E-state index is 14.9. The minimum Gasteiger partial charge on any atom is -0.463 e. The summed E-state index contributed by atoms with van der Waals surface area (Å²) in [4.78, 5) is 66.3. The Morgan fingerprint density at radius 3 is 1.07 bits per heavy atom. The van der Waals surface area contributed by atoms with Crippen molar-refractivity contribution in [3.05, 3.63) is 24.3 Å². The van der Waals surface area contributed by atoms with Crippen LogP contribution in [0, 0.1) is 0 Å². The van der Waals surface area contributed by atoms with Gasteiger partial charge in [-0.25, -0.2) is 4.57 Å². The summed E-state index contributed by atoms with van der Waals surface area (Å²) in [5.74, 6) is -2.99. The zero-order valence-corrected chi connectivity index (χ0v) is 71.1. The molecule has 113 heavy (non-hydrogen) atoms. The Bertz CT molecular complexity index is 2460. The van der Waals surface area contributed by atoms with E-state index in [1.54, 1.807) is 0 Å². The summed E-state index contributed by atoms with van der Waals surface area (Å²) in [6.07, 6.45) is 24.9. The van der Waals surface area contributed by atoms with E-state index >= 15 is 0 Å². The van der Waals surface area contributed by atoms with E-state index < -0.39 is 162 Å². The number of ether oxygens (including phenoxy) is 8. The average molecular weight is 1640 g/mol. The quantitative estimate of drug-likeness (QED) is 0.00889. The van der Waals surface area contributed by atoms with Crippen LogP contribution in [0.15, 0.2) is 24.3 Å². The van der Waals surface area contributed by atoms with Crippen LogP contribution in [-0.2, 0) is 70.7 Å². The lowest BCUT2D eigenvalue weighted by molar-refractivity contribution is -0.360. The topological polar surface area (TPSA) is 380 Å². The van der Waals surface area contributed by atoms with Crippen molar-refractivity contribution in [1.29, 1.82) is 0 Å². The van der Waals surface area contributed by atoms with Crippen molar-refractivity contribution in [2.75, 3.05) is 26.4 Å². The molecule has 2 heterocycles. The van der Waals surface area contributed by atoms with Crippen LogP contribution in [0.5, 0.6) is 0 Å². The number of phosphoric acid groups is 1. The predicted octanol–water partition coefficient (Wildman–Crippen LogP) is 15.8. The molecule has 1 saturated carbocycles. The second-order valence-corrected chi connectivity index (χ2v) is 33.5. The van der Waals surface area contributed by atoms with Crippen molar-refractivity contribution in [3.63, 3.8) is 0 Å². The maximum absolute atomic E-state index is 14.9. The highest BCUT2D eigenvalue weighted by Gasteiger charge is 2.60. The molecule has 662 valence electrons. The smallest absolute Gasteiger partial charge is 0.463 e. The third-order valence-corrected chi connectivity index (χ3v) is 22.9. The van der Waals surface area contributed by atoms with Gasteiger partial charge < -0.3 is 88.7 Å².